The molecule has 0 spiro atoms. The van der Waals surface area contributed by atoms with Gasteiger partial charge in [0.1, 0.15) is 12.2 Å². The second-order valence-electron chi connectivity index (χ2n) is 4.29. The molecule has 3 rings (SSSR count). The molecule has 0 saturated heterocycles. The van der Waals surface area contributed by atoms with Crippen LogP contribution in [0, 0.1) is 20.0 Å². The Hall–Kier alpha value is -1.89. The van der Waals surface area contributed by atoms with Gasteiger partial charge in [-0.3, -0.25) is 0 Å². The molecule has 0 aliphatic carbocycles. The van der Waals surface area contributed by atoms with Crippen LogP contribution in [0.1, 0.15) is 28.9 Å². The van der Waals surface area contributed by atoms with E-state index in [-0.39, 0.29) is 23.5 Å². The maximum absolute atomic E-state index is 10.3. The van der Waals surface area contributed by atoms with Crippen molar-refractivity contribution in [2.45, 2.75) is 18.8 Å². The van der Waals surface area contributed by atoms with Crippen molar-refractivity contribution in [3.8, 4) is 0 Å². The molecule has 0 amide bonds. The van der Waals surface area contributed by atoms with Crippen molar-refractivity contribution >= 4 is 0 Å². The molecular formula is C18H14CrO5. The van der Waals surface area contributed by atoms with Gasteiger partial charge in [-0.25, -0.2) is 0 Å². The number of fused-ring (bicyclic) bond motifs is 1. The number of ether oxygens (including phenoxy) is 1. The Bertz CT molecular complexity index is 622. The summed E-state index contributed by atoms with van der Waals surface area (Å²) in [5.74, 6) is 0. The Morgan fingerprint density at radius 3 is 1.96 bits per heavy atom. The standard InChI is InChI=1S/C15H14O2.3CO.Cr/c16-14(11-6-2-1-3-7-11)15-13-9-5-4-8-12(13)10-17-15;3*1-2;/h1-9,14-16H,10H2;;;;/t14?,15-;;;;/m0..../s1. The minimum atomic E-state index is -0.597. The van der Waals surface area contributed by atoms with Crippen LogP contribution in [-0.4, -0.2) is 5.11 Å². The molecule has 5 nitrogen and oxygen atoms in total. The number of benzene rings is 2. The third-order valence-electron chi connectivity index (χ3n) is 3.21. The van der Waals surface area contributed by atoms with Gasteiger partial charge in [-0.05, 0) is 16.7 Å². The van der Waals surface area contributed by atoms with Crippen LogP contribution in [-0.2, 0) is 42.7 Å². The van der Waals surface area contributed by atoms with Gasteiger partial charge in [0.05, 0.1) is 6.61 Å². The Labute approximate surface area is 151 Å². The molecule has 0 fully saturated rings. The van der Waals surface area contributed by atoms with Gasteiger partial charge in [-0.2, -0.15) is 0 Å². The molecule has 0 radical (unpaired) electrons. The van der Waals surface area contributed by atoms with E-state index in [1.54, 1.807) is 0 Å². The first kappa shape index (κ1) is 24.4. The van der Waals surface area contributed by atoms with Crippen LogP contribution in [0.2, 0.25) is 0 Å². The first-order chi connectivity index (χ1) is 11.4. The normalized spacial score (nSPS) is 14.4. The third kappa shape index (κ3) is 6.31. The van der Waals surface area contributed by atoms with Crippen molar-refractivity contribution in [2.24, 2.45) is 0 Å². The quantitative estimate of drug-likeness (QED) is 0.658. The summed E-state index contributed by atoms with van der Waals surface area (Å²) in [5.41, 5.74) is 3.17. The van der Waals surface area contributed by atoms with Gasteiger partial charge < -0.3 is 9.84 Å². The Morgan fingerprint density at radius 2 is 1.38 bits per heavy atom. The fraction of sp³-hybridized carbons (Fsp3) is 0.167. The van der Waals surface area contributed by atoms with E-state index in [2.05, 4.69) is 20.0 Å². The molecule has 0 aromatic heterocycles. The maximum Gasteiger partial charge on any atom is 0 e. The predicted molar refractivity (Wildman–Crippen MR) is 77.2 cm³/mol. The summed E-state index contributed by atoms with van der Waals surface area (Å²) in [6, 6.07) is 17.7. The molecule has 0 saturated carbocycles. The van der Waals surface area contributed by atoms with Gasteiger partial charge in [0.2, 0.25) is 0 Å². The van der Waals surface area contributed by atoms with Gasteiger partial charge in [-0.15, -0.1) is 0 Å². The first-order valence-electron chi connectivity index (χ1n) is 6.40. The summed E-state index contributed by atoms with van der Waals surface area (Å²) < 4.78 is 28.2. The fourth-order valence-corrected chi connectivity index (χ4v) is 2.30. The van der Waals surface area contributed by atoms with Crippen molar-refractivity contribution in [1.29, 1.82) is 0 Å². The molecule has 1 N–H and O–H groups in total. The predicted octanol–water partition coefficient (Wildman–Crippen LogP) is 2.88. The van der Waals surface area contributed by atoms with Gasteiger partial charge in [0.25, 0.3) is 0 Å². The average Bonchev–Trinajstić information content (AvgIpc) is 3.11. The smallest absolute Gasteiger partial charge is 0 e. The summed E-state index contributed by atoms with van der Waals surface area (Å²) >= 11 is 0. The molecule has 122 valence electrons. The van der Waals surface area contributed by atoms with Crippen LogP contribution in [0.5, 0.6) is 0 Å². The third-order valence-corrected chi connectivity index (χ3v) is 3.21. The van der Waals surface area contributed by atoms with E-state index in [0.29, 0.717) is 6.61 Å². The largest absolute Gasteiger partial charge is 0 e. The van der Waals surface area contributed by atoms with Crippen molar-refractivity contribution in [2.75, 3.05) is 0 Å². The van der Waals surface area contributed by atoms with Gasteiger partial charge in [0.15, 0.2) is 0 Å². The molecule has 1 unspecified atom stereocenters. The Balaban J connectivity index is 0. The van der Waals surface area contributed by atoms with E-state index in [9.17, 15) is 5.11 Å². The molecular weight excluding hydrogens is 348 g/mol. The first-order valence-corrected chi connectivity index (χ1v) is 6.40. The van der Waals surface area contributed by atoms with E-state index in [0.717, 1.165) is 11.1 Å². The summed E-state index contributed by atoms with van der Waals surface area (Å²) in [5, 5.41) is 10.3. The van der Waals surface area contributed by atoms with Crippen LogP contribution in [0.25, 0.3) is 0 Å². The van der Waals surface area contributed by atoms with Crippen LogP contribution in [0.4, 0.5) is 0 Å². The second-order valence-corrected chi connectivity index (χ2v) is 4.29. The molecule has 2 atom stereocenters. The summed E-state index contributed by atoms with van der Waals surface area (Å²) in [4.78, 5) is 0. The molecule has 2 aromatic rings. The van der Waals surface area contributed by atoms with Crippen LogP contribution >= 0.6 is 0 Å². The molecule has 1 heterocycles. The number of hydrogen-bond donors (Lipinski definition) is 1. The van der Waals surface area contributed by atoms with Crippen LogP contribution in [0.3, 0.4) is 0 Å². The summed E-state index contributed by atoms with van der Waals surface area (Å²) in [7, 11) is 0. The van der Waals surface area contributed by atoms with E-state index in [1.165, 1.54) is 5.56 Å². The zero-order chi connectivity index (χ0) is 17.7. The molecule has 0 bridgehead atoms. The van der Waals surface area contributed by atoms with Crippen LogP contribution < -0.4 is 0 Å². The van der Waals surface area contributed by atoms with Crippen molar-refractivity contribution in [1.82, 2.24) is 0 Å². The maximum atomic E-state index is 10.3. The minimum Gasteiger partial charge on any atom is 0 e. The minimum absolute atomic E-state index is 0. The van der Waals surface area contributed by atoms with E-state index < -0.39 is 6.10 Å². The number of hydrogen-bond acceptors (Lipinski definition) is 2. The molecule has 24 heavy (non-hydrogen) atoms. The molecule has 1 aliphatic heterocycles. The van der Waals surface area contributed by atoms with Gasteiger partial charge in [0, 0.05) is 17.4 Å². The van der Waals surface area contributed by atoms with E-state index in [1.807, 2.05) is 54.6 Å². The summed E-state index contributed by atoms with van der Waals surface area (Å²) in [6.07, 6.45) is -0.839. The fourth-order valence-electron chi connectivity index (χ4n) is 2.30. The second kappa shape index (κ2) is 14.7. The van der Waals surface area contributed by atoms with Crippen molar-refractivity contribution in [3.05, 3.63) is 91.2 Å². The van der Waals surface area contributed by atoms with Gasteiger partial charge >= 0.3 is 33.9 Å². The van der Waals surface area contributed by atoms with E-state index in [4.69, 9.17) is 18.7 Å². The van der Waals surface area contributed by atoms with Crippen LogP contribution in [0.15, 0.2) is 54.6 Å². The zero-order valence-corrected chi connectivity index (χ0v) is 13.8. The molecule has 1 aliphatic rings. The number of aliphatic hydroxyl groups excluding tert-OH is 1. The van der Waals surface area contributed by atoms with Gasteiger partial charge in [-0.1, -0.05) is 54.6 Å². The molecule has 6 heteroatoms. The topological polar surface area (TPSA) is 89.2 Å². The number of rotatable bonds is 2. The SMILES string of the molecule is OC(c1ccccc1)[C@H]1OCc2ccccc21.[C-]#[O+].[C-]#[O+].[C-]#[O+].[Cr]. The van der Waals surface area contributed by atoms with Crippen molar-refractivity contribution < 1.29 is 41.2 Å². The summed E-state index contributed by atoms with van der Waals surface area (Å²) in [6.45, 7) is 14.1. The molecule has 2 aromatic carbocycles. The average molecular weight is 362 g/mol. The van der Waals surface area contributed by atoms with Crippen molar-refractivity contribution in [3.63, 3.8) is 0 Å². The zero-order valence-electron chi connectivity index (χ0n) is 12.5. The monoisotopic (exact) mass is 362 g/mol. The Morgan fingerprint density at radius 1 is 0.875 bits per heavy atom. The Kier molecular flexibility index (Phi) is 14.9. The number of aliphatic hydroxyl groups is 1. The van der Waals surface area contributed by atoms with E-state index >= 15 is 0 Å².